The van der Waals surface area contributed by atoms with Crippen LogP contribution in [0.2, 0.25) is 0 Å². The minimum absolute atomic E-state index is 0.0219. The minimum Gasteiger partial charge on any atom is -0.282 e. The van der Waals surface area contributed by atoms with Gasteiger partial charge in [-0.1, -0.05) is 26.0 Å². The fraction of sp³-hybridized carbons (Fsp3) is 0.267. The van der Waals surface area contributed by atoms with Crippen molar-refractivity contribution in [3.8, 4) is 11.3 Å². The van der Waals surface area contributed by atoms with Crippen LogP contribution in [0, 0.1) is 0 Å². The van der Waals surface area contributed by atoms with Gasteiger partial charge < -0.3 is 0 Å². The lowest BCUT2D eigenvalue weighted by atomic mass is 9.77. The normalized spacial score (nSPS) is 16.1. The molecule has 0 aliphatic heterocycles. The average Bonchev–Trinajstić information content (AvgIpc) is 2.84. The molecule has 0 saturated carbocycles. The Kier molecular flexibility index (Phi) is 1.91. The SMILES string of the molecule is CC1(C)Cc2[nH]ncc2-c2nc3ccccc3nc21. The number of fused-ring (bicyclic) bond motifs is 4. The highest BCUT2D eigenvalue weighted by atomic mass is 15.1. The van der Waals surface area contributed by atoms with Crippen LogP contribution in [0.25, 0.3) is 22.3 Å². The van der Waals surface area contributed by atoms with E-state index >= 15 is 0 Å². The summed E-state index contributed by atoms with van der Waals surface area (Å²) in [6.45, 7) is 4.41. The largest absolute Gasteiger partial charge is 0.282 e. The van der Waals surface area contributed by atoms with Gasteiger partial charge in [0, 0.05) is 23.1 Å². The van der Waals surface area contributed by atoms with Crippen molar-refractivity contribution in [3.05, 3.63) is 41.9 Å². The molecule has 19 heavy (non-hydrogen) atoms. The molecule has 4 nitrogen and oxygen atoms in total. The second-order valence-electron chi connectivity index (χ2n) is 5.73. The van der Waals surface area contributed by atoms with E-state index in [2.05, 4.69) is 24.0 Å². The molecule has 0 unspecified atom stereocenters. The number of hydrogen-bond donors (Lipinski definition) is 1. The molecule has 2 heterocycles. The lowest BCUT2D eigenvalue weighted by molar-refractivity contribution is 0.493. The standard InChI is InChI=1S/C15H14N4/c1-15(2)7-12-9(8-16-19-12)13-14(15)18-11-6-4-3-5-10(11)17-13/h3-6,8H,7H2,1-2H3,(H,16,19). The van der Waals surface area contributed by atoms with Gasteiger partial charge in [-0.25, -0.2) is 9.97 Å². The van der Waals surface area contributed by atoms with E-state index in [0.717, 1.165) is 40.1 Å². The first-order valence-corrected chi connectivity index (χ1v) is 6.45. The molecule has 3 aromatic rings. The highest BCUT2D eigenvalue weighted by Gasteiger charge is 2.34. The van der Waals surface area contributed by atoms with Crippen LogP contribution >= 0.6 is 0 Å². The summed E-state index contributed by atoms with van der Waals surface area (Å²) in [4.78, 5) is 9.65. The van der Waals surface area contributed by atoms with E-state index in [0.29, 0.717) is 0 Å². The summed E-state index contributed by atoms with van der Waals surface area (Å²) in [5.74, 6) is 0. The lowest BCUT2D eigenvalue weighted by Gasteiger charge is -2.30. The fourth-order valence-corrected chi connectivity index (χ4v) is 2.84. The first-order chi connectivity index (χ1) is 9.15. The van der Waals surface area contributed by atoms with Crippen LogP contribution in [0.4, 0.5) is 0 Å². The number of nitrogens with zero attached hydrogens (tertiary/aromatic N) is 3. The van der Waals surface area contributed by atoms with Crippen LogP contribution < -0.4 is 0 Å². The maximum absolute atomic E-state index is 4.84. The Morgan fingerprint density at radius 3 is 2.63 bits per heavy atom. The van der Waals surface area contributed by atoms with Gasteiger partial charge in [-0.15, -0.1) is 0 Å². The first-order valence-electron chi connectivity index (χ1n) is 6.45. The predicted octanol–water partition coefficient (Wildman–Crippen LogP) is 2.85. The van der Waals surface area contributed by atoms with Crippen LogP contribution in [-0.4, -0.2) is 20.2 Å². The number of benzene rings is 1. The molecule has 1 aliphatic carbocycles. The third kappa shape index (κ3) is 1.43. The lowest BCUT2D eigenvalue weighted by Crippen LogP contribution is -2.27. The Hall–Kier alpha value is -2.23. The Balaban J connectivity index is 2.12. The van der Waals surface area contributed by atoms with Gasteiger partial charge in [0.1, 0.15) is 0 Å². The van der Waals surface area contributed by atoms with Crippen molar-refractivity contribution >= 4 is 11.0 Å². The van der Waals surface area contributed by atoms with Crippen LogP contribution in [-0.2, 0) is 11.8 Å². The second-order valence-corrected chi connectivity index (χ2v) is 5.73. The molecule has 0 amide bonds. The van der Waals surface area contributed by atoms with E-state index in [9.17, 15) is 0 Å². The minimum atomic E-state index is -0.0219. The molecule has 0 bridgehead atoms. The molecule has 4 rings (SSSR count). The molecule has 2 aromatic heterocycles. The summed E-state index contributed by atoms with van der Waals surface area (Å²) in [7, 11) is 0. The van der Waals surface area contributed by atoms with Gasteiger partial charge in [-0.2, -0.15) is 5.10 Å². The number of para-hydroxylation sites is 2. The van der Waals surface area contributed by atoms with Crippen LogP contribution in [0.1, 0.15) is 25.2 Å². The smallest absolute Gasteiger partial charge is 0.0965 e. The summed E-state index contributed by atoms with van der Waals surface area (Å²) in [6, 6.07) is 8.02. The molecule has 1 aromatic carbocycles. The quantitative estimate of drug-likeness (QED) is 0.667. The Morgan fingerprint density at radius 1 is 1.11 bits per heavy atom. The number of rotatable bonds is 0. The van der Waals surface area contributed by atoms with E-state index < -0.39 is 0 Å². The molecule has 0 radical (unpaired) electrons. The van der Waals surface area contributed by atoms with Gasteiger partial charge in [0.05, 0.1) is 28.6 Å². The van der Waals surface area contributed by atoms with E-state index in [1.165, 1.54) is 0 Å². The van der Waals surface area contributed by atoms with Crippen LogP contribution in [0.15, 0.2) is 30.5 Å². The zero-order valence-electron chi connectivity index (χ0n) is 10.9. The van der Waals surface area contributed by atoms with E-state index in [1.54, 1.807) is 0 Å². The van der Waals surface area contributed by atoms with Crippen LogP contribution in [0.5, 0.6) is 0 Å². The van der Waals surface area contributed by atoms with Crippen molar-refractivity contribution in [3.63, 3.8) is 0 Å². The van der Waals surface area contributed by atoms with Gasteiger partial charge in [0.15, 0.2) is 0 Å². The maximum atomic E-state index is 4.84. The Morgan fingerprint density at radius 2 is 1.84 bits per heavy atom. The molecular weight excluding hydrogens is 236 g/mol. The third-order valence-corrected chi connectivity index (χ3v) is 3.80. The Labute approximate surface area is 110 Å². The number of aromatic amines is 1. The summed E-state index contributed by atoms with van der Waals surface area (Å²) >= 11 is 0. The molecule has 0 atom stereocenters. The summed E-state index contributed by atoms with van der Waals surface area (Å²) in [5.41, 5.74) is 6.16. The molecule has 1 aliphatic rings. The predicted molar refractivity (Wildman–Crippen MR) is 73.8 cm³/mol. The van der Waals surface area contributed by atoms with E-state index in [-0.39, 0.29) is 5.41 Å². The number of hydrogen-bond acceptors (Lipinski definition) is 3. The molecule has 4 heteroatoms. The van der Waals surface area contributed by atoms with Crippen molar-refractivity contribution in [2.24, 2.45) is 0 Å². The average molecular weight is 250 g/mol. The van der Waals surface area contributed by atoms with Gasteiger partial charge in [-0.05, 0) is 12.1 Å². The summed E-state index contributed by atoms with van der Waals surface area (Å²) in [5, 5.41) is 7.24. The molecular formula is C15H14N4. The topological polar surface area (TPSA) is 54.5 Å². The first kappa shape index (κ1) is 10.7. The fourth-order valence-electron chi connectivity index (χ4n) is 2.84. The maximum Gasteiger partial charge on any atom is 0.0965 e. The van der Waals surface area contributed by atoms with Crippen molar-refractivity contribution < 1.29 is 0 Å². The van der Waals surface area contributed by atoms with Crippen molar-refractivity contribution in [1.29, 1.82) is 0 Å². The molecule has 94 valence electrons. The zero-order valence-corrected chi connectivity index (χ0v) is 10.9. The molecule has 0 fully saturated rings. The van der Waals surface area contributed by atoms with Crippen molar-refractivity contribution in [1.82, 2.24) is 20.2 Å². The summed E-state index contributed by atoms with van der Waals surface area (Å²) in [6.07, 6.45) is 2.77. The highest BCUT2D eigenvalue weighted by Crippen LogP contribution is 2.40. The second kappa shape index (κ2) is 3.41. The Bertz CT molecular complexity index is 786. The molecule has 0 spiro atoms. The summed E-state index contributed by atoms with van der Waals surface area (Å²) < 4.78 is 0. The third-order valence-electron chi connectivity index (χ3n) is 3.80. The van der Waals surface area contributed by atoms with E-state index in [4.69, 9.17) is 9.97 Å². The van der Waals surface area contributed by atoms with Crippen LogP contribution in [0.3, 0.4) is 0 Å². The van der Waals surface area contributed by atoms with Gasteiger partial charge in [-0.3, -0.25) is 5.10 Å². The highest BCUT2D eigenvalue weighted by molar-refractivity contribution is 5.80. The van der Waals surface area contributed by atoms with Crippen molar-refractivity contribution in [2.45, 2.75) is 25.7 Å². The van der Waals surface area contributed by atoms with Gasteiger partial charge >= 0.3 is 0 Å². The molecule has 1 N–H and O–H groups in total. The van der Waals surface area contributed by atoms with Gasteiger partial charge in [0.25, 0.3) is 0 Å². The van der Waals surface area contributed by atoms with E-state index in [1.807, 2.05) is 30.5 Å². The zero-order chi connectivity index (χ0) is 13.0. The van der Waals surface area contributed by atoms with Gasteiger partial charge in [0.2, 0.25) is 0 Å². The number of nitrogens with one attached hydrogen (secondary N) is 1. The number of aromatic nitrogens is 4. The molecule has 0 saturated heterocycles. The van der Waals surface area contributed by atoms with Crippen molar-refractivity contribution in [2.75, 3.05) is 0 Å². The monoisotopic (exact) mass is 250 g/mol. The number of H-pyrrole nitrogens is 1.